The molecule has 1 saturated carbocycles. The van der Waals surface area contributed by atoms with E-state index in [0.29, 0.717) is 61.5 Å². The van der Waals surface area contributed by atoms with Gasteiger partial charge in [0.1, 0.15) is 11.9 Å². The number of anilines is 1. The highest BCUT2D eigenvalue weighted by Gasteiger charge is 2.33. The van der Waals surface area contributed by atoms with Crippen molar-refractivity contribution < 1.29 is 14.3 Å². The summed E-state index contributed by atoms with van der Waals surface area (Å²) in [5, 5.41) is 10.0. The smallest absolute Gasteiger partial charge is 0.225 e. The standard InChI is InChI=1S/C26H31N5O3/c1-5-21-12-19(14-23(28-21)34-4)22-13-20(15-27)26(29-25(22)18-6-7-18)30-9-10-31(17(2)16-30)24(32)8-11-33-3/h5,12-14,17-18H,1,6-11,16H2,2-4H3. The zero-order valence-corrected chi connectivity index (χ0v) is 20.1. The fourth-order valence-corrected chi connectivity index (χ4v) is 4.48. The Morgan fingerprint density at radius 1 is 1.26 bits per heavy atom. The van der Waals surface area contributed by atoms with Crippen LogP contribution in [0, 0.1) is 11.3 Å². The van der Waals surface area contributed by atoms with Crippen molar-refractivity contribution in [3.63, 3.8) is 0 Å². The number of hydrogen-bond donors (Lipinski definition) is 0. The number of methoxy groups -OCH3 is 2. The molecule has 8 heteroatoms. The molecular formula is C26H31N5O3. The summed E-state index contributed by atoms with van der Waals surface area (Å²) in [6.07, 6.45) is 4.23. The van der Waals surface area contributed by atoms with Crippen LogP contribution in [0.5, 0.6) is 5.88 Å². The molecule has 1 aliphatic carbocycles. The topological polar surface area (TPSA) is 91.6 Å². The van der Waals surface area contributed by atoms with E-state index < -0.39 is 0 Å². The van der Waals surface area contributed by atoms with E-state index in [1.807, 2.05) is 30.0 Å². The SMILES string of the molecule is C=Cc1cc(-c2cc(C#N)c(N3CCN(C(=O)CCOC)C(C)C3)nc2C2CC2)cc(OC)n1. The van der Waals surface area contributed by atoms with E-state index in [1.54, 1.807) is 20.3 Å². The summed E-state index contributed by atoms with van der Waals surface area (Å²) in [6.45, 7) is 8.16. The second-order valence-electron chi connectivity index (χ2n) is 8.83. The van der Waals surface area contributed by atoms with E-state index in [1.165, 1.54) is 0 Å². The summed E-state index contributed by atoms with van der Waals surface area (Å²) in [5.74, 6) is 1.68. The number of amides is 1. The Labute approximate surface area is 200 Å². The fourth-order valence-electron chi connectivity index (χ4n) is 4.48. The minimum Gasteiger partial charge on any atom is -0.481 e. The van der Waals surface area contributed by atoms with Gasteiger partial charge in [-0.25, -0.2) is 9.97 Å². The van der Waals surface area contributed by atoms with Crippen molar-refractivity contribution in [3.8, 4) is 23.1 Å². The molecule has 0 bridgehead atoms. The maximum Gasteiger partial charge on any atom is 0.225 e. The molecular weight excluding hydrogens is 430 g/mol. The second-order valence-corrected chi connectivity index (χ2v) is 8.83. The van der Waals surface area contributed by atoms with Gasteiger partial charge in [0.2, 0.25) is 11.8 Å². The van der Waals surface area contributed by atoms with Crippen molar-refractivity contribution in [1.29, 1.82) is 5.26 Å². The number of nitriles is 1. The van der Waals surface area contributed by atoms with Crippen LogP contribution in [0.4, 0.5) is 5.82 Å². The first-order chi connectivity index (χ1) is 16.5. The molecule has 178 valence electrons. The molecule has 1 unspecified atom stereocenters. The maximum atomic E-state index is 12.5. The van der Waals surface area contributed by atoms with E-state index in [-0.39, 0.29) is 11.9 Å². The fraction of sp³-hybridized carbons (Fsp3) is 0.462. The van der Waals surface area contributed by atoms with Gasteiger partial charge in [-0.05, 0) is 43.5 Å². The number of carbonyl (C=O) groups excluding carboxylic acids is 1. The van der Waals surface area contributed by atoms with Crippen LogP contribution in [0.2, 0.25) is 0 Å². The third-order valence-electron chi connectivity index (χ3n) is 6.43. The molecule has 2 aromatic rings. The number of aromatic nitrogens is 2. The number of nitrogens with zero attached hydrogens (tertiary/aromatic N) is 5. The van der Waals surface area contributed by atoms with Gasteiger partial charge < -0.3 is 19.3 Å². The zero-order chi connectivity index (χ0) is 24.2. The van der Waals surface area contributed by atoms with Crippen LogP contribution in [0.3, 0.4) is 0 Å². The second kappa shape index (κ2) is 10.2. The Balaban J connectivity index is 1.67. The summed E-state index contributed by atoms with van der Waals surface area (Å²) in [4.78, 5) is 26.0. The molecule has 4 rings (SSSR count). The van der Waals surface area contributed by atoms with E-state index in [9.17, 15) is 10.1 Å². The molecule has 1 amide bonds. The maximum absolute atomic E-state index is 12.5. The normalized spacial score (nSPS) is 17.9. The van der Waals surface area contributed by atoms with Crippen LogP contribution < -0.4 is 9.64 Å². The molecule has 0 radical (unpaired) electrons. The van der Waals surface area contributed by atoms with Gasteiger partial charge in [-0.3, -0.25) is 4.79 Å². The predicted octanol–water partition coefficient (Wildman–Crippen LogP) is 3.62. The number of pyridine rings is 2. The molecule has 2 aliphatic rings. The Morgan fingerprint density at radius 2 is 2.06 bits per heavy atom. The monoisotopic (exact) mass is 461 g/mol. The summed E-state index contributed by atoms with van der Waals surface area (Å²) in [7, 11) is 3.19. The Morgan fingerprint density at radius 3 is 2.68 bits per heavy atom. The third-order valence-corrected chi connectivity index (χ3v) is 6.43. The quantitative estimate of drug-likeness (QED) is 0.593. The summed E-state index contributed by atoms with van der Waals surface area (Å²) >= 11 is 0. The molecule has 0 spiro atoms. The zero-order valence-electron chi connectivity index (χ0n) is 20.1. The minimum absolute atomic E-state index is 0.0232. The Kier molecular flexibility index (Phi) is 7.13. The van der Waals surface area contributed by atoms with Gasteiger partial charge in [-0.1, -0.05) is 6.58 Å². The van der Waals surface area contributed by atoms with E-state index in [2.05, 4.69) is 22.5 Å². The van der Waals surface area contributed by atoms with Gasteiger partial charge in [0, 0.05) is 50.3 Å². The molecule has 2 fully saturated rings. The van der Waals surface area contributed by atoms with Gasteiger partial charge in [0.05, 0.1) is 37.1 Å². The first-order valence-electron chi connectivity index (χ1n) is 11.7. The summed E-state index contributed by atoms with van der Waals surface area (Å²) < 4.78 is 10.4. The lowest BCUT2D eigenvalue weighted by Crippen LogP contribution is -2.54. The number of ether oxygens (including phenoxy) is 2. The number of hydrogen-bond acceptors (Lipinski definition) is 7. The first-order valence-corrected chi connectivity index (χ1v) is 11.7. The van der Waals surface area contributed by atoms with Gasteiger partial charge in [-0.2, -0.15) is 5.26 Å². The number of rotatable bonds is 8. The van der Waals surface area contributed by atoms with Crippen LogP contribution in [0.1, 0.15) is 49.1 Å². The van der Waals surface area contributed by atoms with E-state index in [0.717, 1.165) is 29.7 Å². The van der Waals surface area contributed by atoms with Gasteiger partial charge >= 0.3 is 0 Å². The van der Waals surface area contributed by atoms with Crippen LogP contribution in [0.15, 0.2) is 24.8 Å². The summed E-state index contributed by atoms with van der Waals surface area (Å²) in [5.41, 5.74) is 4.10. The van der Waals surface area contributed by atoms with Crippen molar-refractivity contribution in [2.24, 2.45) is 0 Å². The molecule has 2 aromatic heterocycles. The van der Waals surface area contributed by atoms with Crippen molar-refractivity contribution in [2.75, 3.05) is 45.4 Å². The lowest BCUT2D eigenvalue weighted by molar-refractivity contribution is -0.134. The van der Waals surface area contributed by atoms with Crippen LogP contribution >= 0.6 is 0 Å². The lowest BCUT2D eigenvalue weighted by Gasteiger charge is -2.41. The van der Waals surface area contributed by atoms with E-state index >= 15 is 0 Å². The van der Waals surface area contributed by atoms with Gasteiger partial charge in [0.15, 0.2) is 0 Å². The Bertz CT molecular complexity index is 1120. The van der Waals surface area contributed by atoms with Gasteiger partial charge in [0.25, 0.3) is 0 Å². The van der Waals surface area contributed by atoms with Crippen molar-refractivity contribution in [1.82, 2.24) is 14.9 Å². The largest absolute Gasteiger partial charge is 0.481 e. The van der Waals surface area contributed by atoms with Crippen LogP contribution in [-0.4, -0.2) is 67.3 Å². The molecule has 0 aromatic carbocycles. The van der Waals surface area contributed by atoms with Crippen LogP contribution in [0.25, 0.3) is 17.2 Å². The highest BCUT2D eigenvalue weighted by atomic mass is 16.5. The highest BCUT2D eigenvalue weighted by Crippen LogP contribution is 2.45. The van der Waals surface area contributed by atoms with Gasteiger partial charge in [-0.15, -0.1) is 0 Å². The highest BCUT2D eigenvalue weighted by molar-refractivity contribution is 5.77. The number of piperazine rings is 1. The number of carbonyl (C=O) groups is 1. The summed E-state index contributed by atoms with van der Waals surface area (Å²) in [6, 6.07) is 8.15. The molecule has 1 aliphatic heterocycles. The lowest BCUT2D eigenvalue weighted by atomic mass is 9.99. The van der Waals surface area contributed by atoms with Crippen molar-refractivity contribution >= 4 is 17.8 Å². The average molecular weight is 462 g/mol. The van der Waals surface area contributed by atoms with Crippen molar-refractivity contribution in [2.45, 2.75) is 38.1 Å². The molecule has 0 N–H and O–H groups in total. The molecule has 1 atom stereocenters. The van der Waals surface area contributed by atoms with Crippen LogP contribution in [-0.2, 0) is 9.53 Å². The molecule has 8 nitrogen and oxygen atoms in total. The minimum atomic E-state index is 0.0232. The average Bonchev–Trinajstić information content (AvgIpc) is 3.71. The van der Waals surface area contributed by atoms with E-state index in [4.69, 9.17) is 14.5 Å². The molecule has 3 heterocycles. The first kappa shape index (κ1) is 23.7. The predicted molar refractivity (Wildman–Crippen MR) is 131 cm³/mol. The van der Waals surface area contributed by atoms with Crippen molar-refractivity contribution in [3.05, 3.63) is 41.7 Å². The molecule has 34 heavy (non-hydrogen) atoms. The third kappa shape index (κ3) is 4.90. The Hall–Kier alpha value is -3.44. The molecule has 1 saturated heterocycles.